The van der Waals surface area contributed by atoms with E-state index < -0.39 is 11.9 Å². The number of hydrogen-bond donors (Lipinski definition) is 3. The summed E-state index contributed by atoms with van der Waals surface area (Å²) < 4.78 is 4.30. The van der Waals surface area contributed by atoms with Gasteiger partial charge in [-0.1, -0.05) is 30.3 Å². The van der Waals surface area contributed by atoms with E-state index in [1.807, 2.05) is 28.8 Å². The van der Waals surface area contributed by atoms with Gasteiger partial charge in [-0.2, -0.15) is 0 Å². The molecule has 0 amide bonds. The first-order valence-electron chi connectivity index (χ1n) is 11.5. The van der Waals surface area contributed by atoms with Gasteiger partial charge in [0.05, 0.1) is 11.0 Å². The molecule has 1 aliphatic rings. The molecule has 0 spiro atoms. The Morgan fingerprint density at radius 3 is 2.20 bits per heavy atom. The number of rotatable bonds is 6. The Hall–Kier alpha value is -4.11. The van der Waals surface area contributed by atoms with Gasteiger partial charge in [-0.15, -0.1) is 0 Å². The molecule has 5 rings (SSSR count). The predicted molar refractivity (Wildman–Crippen MR) is 134 cm³/mol. The van der Waals surface area contributed by atoms with E-state index in [0.29, 0.717) is 18.2 Å². The first-order valence-corrected chi connectivity index (χ1v) is 11.5. The van der Waals surface area contributed by atoms with Crippen molar-refractivity contribution in [3.8, 4) is 0 Å². The number of piperidine rings is 1. The van der Waals surface area contributed by atoms with Crippen LogP contribution in [-0.4, -0.2) is 60.8 Å². The zero-order valence-corrected chi connectivity index (χ0v) is 19.2. The van der Waals surface area contributed by atoms with Gasteiger partial charge in [0.15, 0.2) is 0 Å². The Kier molecular flexibility index (Phi) is 7.47. The van der Waals surface area contributed by atoms with Crippen molar-refractivity contribution >= 4 is 33.9 Å². The van der Waals surface area contributed by atoms with Crippen molar-refractivity contribution < 1.29 is 19.8 Å². The molecule has 1 saturated heterocycles. The number of aromatic nitrogens is 3. The van der Waals surface area contributed by atoms with Crippen LogP contribution in [0.25, 0.3) is 21.9 Å². The minimum absolute atomic E-state index is 0.00935. The van der Waals surface area contributed by atoms with Gasteiger partial charge in [-0.25, -0.2) is 14.4 Å². The predicted octanol–water partition coefficient (Wildman–Crippen LogP) is 3.33. The summed E-state index contributed by atoms with van der Waals surface area (Å²) in [5, 5.41) is 16.9. The second-order valence-corrected chi connectivity index (χ2v) is 8.46. The van der Waals surface area contributed by atoms with Crippen LogP contribution in [0.5, 0.6) is 0 Å². The van der Waals surface area contributed by atoms with Crippen LogP contribution in [0.1, 0.15) is 18.9 Å². The number of nitrogens with one attached hydrogen (secondary N) is 1. The smallest absolute Gasteiger partial charge is 0.328 e. The number of aromatic amines is 1. The molecule has 3 N–H and O–H groups in total. The van der Waals surface area contributed by atoms with Crippen molar-refractivity contribution in [2.45, 2.75) is 25.4 Å². The molecule has 0 bridgehead atoms. The second-order valence-electron chi connectivity index (χ2n) is 8.46. The minimum Gasteiger partial charge on any atom is -0.478 e. The molecule has 9 heteroatoms. The van der Waals surface area contributed by atoms with Gasteiger partial charge in [0, 0.05) is 56.1 Å². The van der Waals surface area contributed by atoms with E-state index in [2.05, 4.69) is 51.0 Å². The molecule has 9 nitrogen and oxygen atoms in total. The highest BCUT2D eigenvalue weighted by Gasteiger charge is 2.21. The number of fused-ring (bicyclic) bond motifs is 2. The van der Waals surface area contributed by atoms with Crippen molar-refractivity contribution in [2.75, 3.05) is 19.6 Å². The zero-order chi connectivity index (χ0) is 24.8. The maximum absolute atomic E-state index is 12.2. The van der Waals surface area contributed by atoms with Crippen molar-refractivity contribution in [2.24, 2.45) is 0 Å². The van der Waals surface area contributed by atoms with Gasteiger partial charge < -0.3 is 24.7 Å². The molecule has 0 radical (unpaired) electrons. The van der Waals surface area contributed by atoms with Crippen molar-refractivity contribution in [1.29, 1.82) is 0 Å². The average Bonchev–Trinajstić information content (AvgIpc) is 3.42. The van der Waals surface area contributed by atoms with Crippen LogP contribution >= 0.6 is 0 Å². The third-order valence-electron chi connectivity index (χ3n) is 6.27. The lowest BCUT2D eigenvalue weighted by molar-refractivity contribution is -0.134. The molecule has 35 heavy (non-hydrogen) atoms. The summed E-state index contributed by atoms with van der Waals surface area (Å²) in [5.41, 5.74) is 3.24. The lowest BCUT2D eigenvalue weighted by Gasteiger charge is -2.33. The highest BCUT2D eigenvalue weighted by Crippen LogP contribution is 2.27. The average molecular weight is 477 g/mol. The van der Waals surface area contributed by atoms with Crippen LogP contribution in [-0.2, 0) is 16.1 Å². The van der Waals surface area contributed by atoms with Crippen LogP contribution in [0, 0.1) is 0 Å². The number of carbonyl (C=O) groups is 2. The van der Waals surface area contributed by atoms with E-state index in [9.17, 15) is 14.4 Å². The van der Waals surface area contributed by atoms with E-state index in [4.69, 9.17) is 10.2 Å². The van der Waals surface area contributed by atoms with E-state index >= 15 is 0 Å². The van der Waals surface area contributed by atoms with Crippen molar-refractivity contribution in [3.05, 3.63) is 83.4 Å². The largest absolute Gasteiger partial charge is 0.478 e. The number of hydrogen-bond acceptors (Lipinski definition) is 4. The van der Waals surface area contributed by atoms with E-state index in [1.54, 1.807) is 0 Å². The first kappa shape index (κ1) is 24.0. The van der Waals surface area contributed by atoms with Crippen LogP contribution in [0.4, 0.5) is 0 Å². The summed E-state index contributed by atoms with van der Waals surface area (Å²) in [7, 11) is 0. The molecular weight excluding hydrogens is 448 g/mol. The third-order valence-corrected chi connectivity index (χ3v) is 6.27. The molecule has 1 aliphatic heterocycles. The molecule has 0 aliphatic carbocycles. The Morgan fingerprint density at radius 2 is 1.51 bits per heavy atom. The van der Waals surface area contributed by atoms with Gasteiger partial charge in [0.1, 0.15) is 0 Å². The quantitative estimate of drug-likeness (QED) is 0.367. The summed E-state index contributed by atoms with van der Waals surface area (Å²) in [4.78, 5) is 36.8. The number of carboxylic acid groups (broad SMARTS) is 2. The second kappa shape index (κ2) is 10.9. The van der Waals surface area contributed by atoms with Crippen molar-refractivity contribution in [1.82, 2.24) is 19.0 Å². The molecule has 0 unspecified atom stereocenters. The standard InChI is InChI=1S/C22H24N4O.C4H4O4/c27-22-23-19-6-2-4-8-21(19)26(22)16-15-24-12-10-18(11-13-24)25-14-9-17-5-1-3-7-20(17)25;5-3(6)1-2-4(7)8/h1-9,14,18H,10-13,15-16H2,(H,23,27);1-2H,(H,5,6)(H,7,8)/b;2-1+. The fraction of sp³-hybridized carbons (Fsp3) is 0.269. The van der Waals surface area contributed by atoms with E-state index in [0.717, 1.165) is 50.1 Å². The summed E-state index contributed by atoms with van der Waals surface area (Å²) in [5.74, 6) is -2.51. The molecular formula is C26H28N4O5. The monoisotopic (exact) mass is 476 g/mol. The number of imidazole rings is 1. The summed E-state index contributed by atoms with van der Waals surface area (Å²) in [6.07, 6.45) is 5.66. The number of benzene rings is 2. The number of nitrogens with zero attached hydrogens (tertiary/aromatic N) is 3. The Morgan fingerprint density at radius 1 is 0.886 bits per heavy atom. The third kappa shape index (κ3) is 5.88. The highest BCUT2D eigenvalue weighted by molar-refractivity contribution is 5.89. The van der Waals surface area contributed by atoms with E-state index in [-0.39, 0.29) is 5.69 Å². The van der Waals surface area contributed by atoms with Crippen LogP contribution in [0.15, 0.2) is 77.7 Å². The van der Waals surface area contributed by atoms with Crippen molar-refractivity contribution in [3.63, 3.8) is 0 Å². The summed E-state index contributed by atoms with van der Waals surface area (Å²) >= 11 is 0. The summed E-state index contributed by atoms with van der Waals surface area (Å²) in [6.45, 7) is 3.81. The maximum Gasteiger partial charge on any atom is 0.328 e. The van der Waals surface area contributed by atoms with Crippen LogP contribution in [0.2, 0.25) is 0 Å². The minimum atomic E-state index is -1.26. The molecule has 1 fully saturated rings. The summed E-state index contributed by atoms with van der Waals surface area (Å²) in [6, 6.07) is 19.3. The SMILES string of the molecule is O=C(O)/C=C/C(=O)O.O=c1[nH]c2ccccc2n1CCN1CCC(n2ccc3ccccc32)CC1. The fourth-order valence-corrected chi connectivity index (χ4v) is 4.56. The number of para-hydroxylation sites is 3. The molecule has 2 aromatic heterocycles. The number of H-pyrrole nitrogens is 1. The number of likely N-dealkylation sites (tertiary alicyclic amines) is 1. The normalized spacial score (nSPS) is 14.9. The van der Waals surface area contributed by atoms with Crippen LogP contribution in [0.3, 0.4) is 0 Å². The van der Waals surface area contributed by atoms with Gasteiger partial charge in [0.2, 0.25) is 0 Å². The molecule has 4 aromatic rings. The molecule has 3 heterocycles. The number of aliphatic carboxylic acids is 2. The van der Waals surface area contributed by atoms with Gasteiger partial charge >= 0.3 is 17.6 Å². The first-order chi connectivity index (χ1) is 16.9. The maximum atomic E-state index is 12.2. The van der Waals surface area contributed by atoms with Crippen LogP contribution < -0.4 is 5.69 Å². The number of carboxylic acids is 2. The molecule has 2 aromatic carbocycles. The Bertz CT molecular complexity index is 1390. The Balaban J connectivity index is 0.000000314. The van der Waals surface area contributed by atoms with Gasteiger partial charge in [-0.05, 0) is 42.5 Å². The highest BCUT2D eigenvalue weighted by atomic mass is 16.4. The fourth-order valence-electron chi connectivity index (χ4n) is 4.56. The zero-order valence-electron chi connectivity index (χ0n) is 19.2. The lowest BCUT2D eigenvalue weighted by atomic mass is 10.0. The topological polar surface area (TPSA) is 121 Å². The van der Waals surface area contributed by atoms with E-state index in [1.165, 1.54) is 10.9 Å². The molecule has 0 saturated carbocycles. The lowest BCUT2D eigenvalue weighted by Crippen LogP contribution is -2.37. The van der Waals surface area contributed by atoms with Gasteiger partial charge in [-0.3, -0.25) is 4.57 Å². The molecule has 0 atom stereocenters. The van der Waals surface area contributed by atoms with Gasteiger partial charge in [0.25, 0.3) is 0 Å². The Labute approximate surface area is 201 Å². The molecule has 182 valence electrons.